The van der Waals surface area contributed by atoms with Crippen LogP contribution in [0.4, 0.5) is 5.82 Å². The lowest BCUT2D eigenvalue weighted by atomic mass is 10.2. The molecule has 1 aromatic heterocycles. The van der Waals surface area contributed by atoms with Gasteiger partial charge < -0.3 is 19.4 Å². The molecule has 0 bridgehead atoms. The number of hydrogen-bond acceptors (Lipinski definition) is 5. The highest BCUT2D eigenvalue weighted by atomic mass is 16.5. The van der Waals surface area contributed by atoms with Crippen LogP contribution >= 0.6 is 0 Å². The smallest absolute Gasteiger partial charge is 0.222 e. The van der Waals surface area contributed by atoms with Crippen LogP contribution in [0.25, 0.3) is 0 Å². The lowest BCUT2D eigenvalue weighted by molar-refractivity contribution is -0.135. The second kappa shape index (κ2) is 8.80. The summed E-state index contributed by atoms with van der Waals surface area (Å²) >= 11 is 0. The van der Waals surface area contributed by atoms with Crippen molar-refractivity contribution in [1.29, 1.82) is 0 Å². The molecule has 0 radical (unpaired) electrons. The van der Waals surface area contributed by atoms with E-state index in [9.17, 15) is 9.59 Å². The van der Waals surface area contributed by atoms with Crippen molar-refractivity contribution in [2.75, 3.05) is 57.4 Å². The van der Waals surface area contributed by atoms with Crippen LogP contribution in [0.1, 0.15) is 19.3 Å². The van der Waals surface area contributed by atoms with E-state index >= 15 is 0 Å². The Morgan fingerprint density at radius 1 is 0.920 bits per heavy atom. The molecule has 0 aliphatic carbocycles. The molecule has 0 atom stereocenters. The number of pyridine rings is 1. The van der Waals surface area contributed by atoms with E-state index in [2.05, 4.69) is 9.88 Å². The van der Waals surface area contributed by atoms with Crippen LogP contribution in [0.15, 0.2) is 24.4 Å². The van der Waals surface area contributed by atoms with E-state index in [0.717, 1.165) is 18.9 Å². The number of ether oxygens (including phenoxy) is 1. The van der Waals surface area contributed by atoms with Gasteiger partial charge in [0, 0.05) is 58.3 Å². The first kappa shape index (κ1) is 17.7. The van der Waals surface area contributed by atoms with E-state index in [1.54, 1.807) is 6.20 Å². The molecule has 0 aromatic carbocycles. The zero-order valence-electron chi connectivity index (χ0n) is 14.6. The van der Waals surface area contributed by atoms with Gasteiger partial charge in [0.25, 0.3) is 0 Å². The molecule has 0 N–H and O–H groups in total. The number of piperazine rings is 1. The molecule has 0 unspecified atom stereocenters. The van der Waals surface area contributed by atoms with Crippen molar-refractivity contribution in [2.45, 2.75) is 19.3 Å². The second-order valence-electron chi connectivity index (χ2n) is 6.40. The average molecular weight is 346 g/mol. The standard InChI is InChI=1S/C18H26N4O3/c23-17(5-3-6-18(24)22-12-14-25-15-13-22)21-10-8-20(9-11-21)16-4-1-2-7-19-16/h1-2,4,7H,3,5-6,8-15H2. The Bertz CT molecular complexity index is 567. The third-order valence-corrected chi connectivity index (χ3v) is 4.75. The number of morpholine rings is 1. The van der Waals surface area contributed by atoms with Crippen molar-refractivity contribution >= 4 is 17.6 Å². The molecule has 3 heterocycles. The summed E-state index contributed by atoms with van der Waals surface area (Å²) < 4.78 is 5.25. The van der Waals surface area contributed by atoms with Crippen LogP contribution in [0.3, 0.4) is 0 Å². The van der Waals surface area contributed by atoms with Crippen LogP contribution in [-0.2, 0) is 14.3 Å². The van der Waals surface area contributed by atoms with Gasteiger partial charge in [-0.1, -0.05) is 6.07 Å². The third kappa shape index (κ3) is 4.92. The van der Waals surface area contributed by atoms with Crippen molar-refractivity contribution in [3.8, 4) is 0 Å². The molecule has 7 heteroatoms. The van der Waals surface area contributed by atoms with E-state index in [1.807, 2.05) is 28.0 Å². The molecule has 2 aliphatic rings. The van der Waals surface area contributed by atoms with E-state index in [-0.39, 0.29) is 11.8 Å². The van der Waals surface area contributed by atoms with Crippen molar-refractivity contribution < 1.29 is 14.3 Å². The molecule has 0 spiro atoms. The molecule has 1 aromatic rings. The minimum absolute atomic E-state index is 0.135. The molecule has 2 saturated heterocycles. The fourth-order valence-electron chi connectivity index (χ4n) is 3.25. The van der Waals surface area contributed by atoms with Crippen molar-refractivity contribution in [3.63, 3.8) is 0 Å². The van der Waals surface area contributed by atoms with Gasteiger partial charge in [0.1, 0.15) is 5.82 Å². The number of carbonyl (C=O) groups excluding carboxylic acids is 2. The van der Waals surface area contributed by atoms with Gasteiger partial charge in [0.05, 0.1) is 13.2 Å². The van der Waals surface area contributed by atoms with Crippen LogP contribution in [0.2, 0.25) is 0 Å². The Labute approximate surface area is 148 Å². The van der Waals surface area contributed by atoms with Gasteiger partial charge in [0.2, 0.25) is 11.8 Å². The highest BCUT2D eigenvalue weighted by Crippen LogP contribution is 2.14. The van der Waals surface area contributed by atoms with Crippen LogP contribution < -0.4 is 4.90 Å². The fourth-order valence-corrected chi connectivity index (χ4v) is 3.25. The molecule has 2 amide bonds. The maximum atomic E-state index is 12.3. The summed E-state index contributed by atoms with van der Waals surface area (Å²) in [6.07, 6.45) is 3.30. The highest BCUT2D eigenvalue weighted by molar-refractivity contribution is 5.79. The van der Waals surface area contributed by atoms with Gasteiger partial charge in [-0.15, -0.1) is 0 Å². The summed E-state index contributed by atoms with van der Waals surface area (Å²) in [6, 6.07) is 5.88. The predicted molar refractivity (Wildman–Crippen MR) is 94.3 cm³/mol. The highest BCUT2D eigenvalue weighted by Gasteiger charge is 2.22. The summed E-state index contributed by atoms with van der Waals surface area (Å²) in [5.74, 6) is 1.25. The normalized spacial score (nSPS) is 18.3. The lowest BCUT2D eigenvalue weighted by Crippen LogP contribution is -2.49. The van der Waals surface area contributed by atoms with Gasteiger partial charge in [-0.05, 0) is 18.6 Å². The van der Waals surface area contributed by atoms with Gasteiger partial charge in [-0.25, -0.2) is 4.98 Å². The number of amides is 2. The first-order valence-electron chi connectivity index (χ1n) is 9.03. The Kier molecular flexibility index (Phi) is 6.22. The summed E-state index contributed by atoms with van der Waals surface area (Å²) in [6.45, 7) is 5.60. The minimum atomic E-state index is 0.135. The van der Waals surface area contributed by atoms with Crippen LogP contribution in [-0.4, -0.2) is 79.1 Å². The SMILES string of the molecule is O=C(CCCC(=O)N1CCN(c2ccccn2)CC1)N1CCOCC1. The number of hydrogen-bond donors (Lipinski definition) is 0. The van der Waals surface area contributed by atoms with Crippen molar-refractivity contribution in [3.05, 3.63) is 24.4 Å². The number of anilines is 1. The second-order valence-corrected chi connectivity index (χ2v) is 6.40. The Hall–Kier alpha value is -2.15. The van der Waals surface area contributed by atoms with Gasteiger partial charge in [-0.2, -0.15) is 0 Å². The van der Waals surface area contributed by atoms with E-state index in [0.29, 0.717) is 58.7 Å². The fraction of sp³-hybridized carbons (Fsp3) is 0.611. The number of carbonyl (C=O) groups is 2. The Balaban J connectivity index is 1.36. The first-order chi connectivity index (χ1) is 12.2. The first-order valence-corrected chi connectivity index (χ1v) is 9.03. The van der Waals surface area contributed by atoms with Crippen molar-refractivity contribution in [1.82, 2.24) is 14.8 Å². The predicted octanol–water partition coefficient (Wildman–Crippen LogP) is 0.759. The zero-order chi connectivity index (χ0) is 17.5. The van der Waals surface area contributed by atoms with Gasteiger partial charge in [0.15, 0.2) is 0 Å². The summed E-state index contributed by atoms with van der Waals surface area (Å²) in [5, 5.41) is 0. The maximum absolute atomic E-state index is 12.3. The summed E-state index contributed by atoms with van der Waals surface area (Å²) in [5.41, 5.74) is 0. The molecule has 0 saturated carbocycles. The quantitative estimate of drug-likeness (QED) is 0.787. The molecule has 3 rings (SSSR count). The number of rotatable bonds is 5. The maximum Gasteiger partial charge on any atom is 0.222 e. The molecular formula is C18H26N4O3. The molecule has 2 aliphatic heterocycles. The van der Waals surface area contributed by atoms with Crippen LogP contribution in [0.5, 0.6) is 0 Å². The molecular weight excluding hydrogens is 320 g/mol. The Morgan fingerprint density at radius 3 is 2.16 bits per heavy atom. The van der Waals surface area contributed by atoms with E-state index in [1.165, 1.54) is 0 Å². The lowest BCUT2D eigenvalue weighted by Gasteiger charge is -2.35. The third-order valence-electron chi connectivity index (χ3n) is 4.75. The van der Waals surface area contributed by atoms with E-state index < -0.39 is 0 Å². The van der Waals surface area contributed by atoms with Crippen molar-refractivity contribution in [2.24, 2.45) is 0 Å². The zero-order valence-corrected chi connectivity index (χ0v) is 14.6. The topological polar surface area (TPSA) is 66.0 Å². The number of aromatic nitrogens is 1. The summed E-state index contributed by atoms with van der Waals surface area (Å²) in [4.78, 5) is 34.7. The molecule has 7 nitrogen and oxygen atoms in total. The molecule has 25 heavy (non-hydrogen) atoms. The van der Waals surface area contributed by atoms with Crippen LogP contribution in [0, 0.1) is 0 Å². The molecule has 136 valence electrons. The minimum Gasteiger partial charge on any atom is -0.378 e. The van der Waals surface area contributed by atoms with Gasteiger partial charge in [-0.3, -0.25) is 9.59 Å². The molecule has 2 fully saturated rings. The van der Waals surface area contributed by atoms with E-state index in [4.69, 9.17) is 4.74 Å². The summed E-state index contributed by atoms with van der Waals surface area (Å²) in [7, 11) is 0. The van der Waals surface area contributed by atoms with Gasteiger partial charge >= 0.3 is 0 Å². The largest absolute Gasteiger partial charge is 0.378 e. The number of nitrogens with zero attached hydrogens (tertiary/aromatic N) is 4. The Morgan fingerprint density at radius 2 is 1.56 bits per heavy atom. The average Bonchev–Trinajstić information content (AvgIpc) is 2.69. The monoisotopic (exact) mass is 346 g/mol.